The molecular weight excluding hydrogens is 245 g/mol. The fraction of sp³-hybridized carbons (Fsp3) is 0.133. The standard InChI is InChI=1S/C15H14FNO2/c1-10-5-13(16)8-14(6-10)17-9-11-3-2-4-12(7-11)15(18)19/h2-8,17H,9H2,1H3,(H,18,19). The maximum atomic E-state index is 13.2. The smallest absolute Gasteiger partial charge is 0.335 e. The third kappa shape index (κ3) is 3.55. The summed E-state index contributed by atoms with van der Waals surface area (Å²) in [5, 5.41) is 12.0. The predicted octanol–water partition coefficient (Wildman–Crippen LogP) is 3.44. The molecule has 98 valence electrons. The largest absolute Gasteiger partial charge is 0.478 e. The number of carboxylic acid groups (broad SMARTS) is 1. The second-order valence-electron chi connectivity index (χ2n) is 4.38. The summed E-state index contributed by atoms with van der Waals surface area (Å²) >= 11 is 0. The molecule has 2 N–H and O–H groups in total. The first-order valence-electron chi connectivity index (χ1n) is 5.88. The maximum absolute atomic E-state index is 13.2. The molecule has 2 aromatic carbocycles. The summed E-state index contributed by atoms with van der Waals surface area (Å²) in [7, 11) is 0. The van der Waals surface area contributed by atoms with Gasteiger partial charge in [0.2, 0.25) is 0 Å². The minimum Gasteiger partial charge on any atom is -0.478 e. The van der Waals surface area contributed by atoms with Gasteiger partial charge in [-0.05, 0) is 48.4 Å². The number of benzene rings is 2. The van der Waals surface area contributed by atoms with E-state index in [-0.39, 0.29) is 11.4 Å². The van der Waals surface area contributed by atoms with Crippen molar-refractivity contribution in [2.45, 2.75) is 13.5 Å². The molecule has 0 spiro atoms. The number of aryl methyl sites for hydroxylation is 1. The Morgan fingerprint density at radius 1 is 1.26 bits per heavy atom. The molecule has 0 unspecified atom stereocenters. The average molecular weight is 259 g/mol. The van der Waals surface area contributed by atoms with Crippen LogP contribution in [-0.4, -0.2) is 11.1 Å². The van der Waals surface area contributed by atoms with Crippen molar-refractivity contribution in [2.75, 3.05) is 5.32 Å². The van der Waals surface area contributed by atoms with Crippen molar-refractivity contribution in [3.05, 3.63) is 65.0 Å². The van der Waals surface area contributed by atoms with Crippen LogP contribution in [0.1, 0.15) is 21.5 Å². The van der Waals surface area contributed by atoms with Crippen LogP contribution in [0.15, 0.2) is 42.5 Å². The second-order valence-corrected chi connectivity index (χ2v) is 4.38. The number of halogens is 1. The minimum absolute atomic E-state index is 0.245. The van der Waals surface area contributed by atoms with E-state index in [0.29, 0.717) is 12.2 Å². The van der Waals surface area contributed by atoms with E-state index >= 15 is 0 Å². The first-order valence-corrected chi connectivity index (χ1v) is 5.88. The highest BCUT2D eigenvalue weighted by Crippen LogP contribution is 2.15. The van der Waals surface area contributed by atoms with Gasteiger partial charge in [0.05, 0.1) is 5.56 Å². The lowest BCUT2D eigenvalue weighted by Gasteiger charge is -2.08. The number of hydrogen-bond acceptors (Lipinski definition) is 2. The molecule has 2 aromatic rings. The van der Waals surface area contributed by atoms with Gasteiger partial charge in [0.15, 0.2) is 0 Å². The number of nitrogens with one attached hydrogen (secondary N) is 1. The van der Waals surface area contributed by atoms with Gasteiger partial charge in [-0.25, -0.2) is 9.18 Å². The fourth-order valence-corrected chi connectivity index (χ4v) is 1.86. The van der Waals surface area contributed by atoms with Gasteiger partial charge in [-0.2, -0.15) is 0 Å². The van der Waals surface area contributed by atoms with Gasteiger partial charge >= 0.3 is 5.97 Å². The minimum atomic E-state index is -0.955. The first kappa shape index (κ1) is 13.1. The van der Waals surface area contributed by atoms with Gasteiger partial charge in [0, 0.05) is 12.2 Å². The number of carboxylic acids is 1. The van der Waals surface area contributed by atoms with Gasteiger partial charge in [-0.1, -0.05) is 12.1 Å². The number of anilines is 1. The molecule has 19 heavy (non-hydrogen) atoms. The Hall–Kier alpha value is -2.36. The van der Waals surface area contributed by atoms with E-state index in [9.17, 15) is 9.18 Å². The molecule has 0 aliphatic heterocycles. The Morgan fingerprint density at radius 2 is 2.05 bits per heavy atom. The highest BCUT2D eigenvalue weighted by atomic mass is 19.1. The van der Waals surface area contributed by atoms with Crippen LogP contribution in [0.3, 0.4) is 0 Å². The van der Waals surface area contributed by atoms with Gasteiger partial charge in [-0.3, -0.25) is 0 Å². The maximum Gasteiger partial charge on any atom is 0.335 e. The summed E-state index contributed by atoms with van der Waals surface area (Å²) < 4.78 is 13.2. The molecule has 0 aliphatic carbocycles. The number of carbonyl (C=O) groups is 1. The van der Waals surface area contributed by atoms with Crippen LogP contribution in [0, 0.1) is 12.7 Å². The van der Waals surface area contributed by atoms with E-state index in [1.165, 1.54) is 18.2 Å². The molecule has 0 saturated carbocycles. The third-order valence-electron chi connectivity index (χ3n) is 2.71. The highest BCUT2D eigenvalue weighted by Gasteiger charge is 2.03. The molecule has 3 nitrogen and oxygen atoms in total. The highest BCUT2D eigenvalue weighted by molar-refractivity contribution is 5.87. The zero-order valence-electron chi connectivity index (χ0n) is 10.5. The number of hydrogen-bond donors (Lipinski definition) is 2. The third-order valence-corrected chi connectivity index (χ3v) is 2.71. The van der Waals surface area contributed by atoms with Gasteiger partial charge in [0.25, 0.3) is 0 Å². The van der Waals surface area contributed by atoms with Crippen molar-refractivity contribution in [1.29, 1.82) is 0 Å². The zero-order chi connectivity index (χ0) is 13.8. The van der Waals surface area contributed by atoms with Crippen LogP contribution < -0.4 is 5.32 Å². The van der Waals surface area contributed by atoms with Crippen LogP contribution in [0.2, 0.25) is 0 Å². The van der Waals surface area contributed by atoms with E-state index in [1.54, 1.807) is 12.1 Å². The van der Waals surface area contributed by atoms with Crippen molar-refractivity contribution >= 4 is 11.7 Å². The summed E-state index contributed by atoms with van der Waals surface area (Å²) in [6.45, 7) is 2.27. The Kier molecular flexibility index (Phi) is 3.80. The molecule has 4 heteroatoms. The molecule has 0 fully saturated rings. The lowest BCUT2D eigenvalue weighted by atomic mass is 10.1. The summed E-state index contributed by atoms with van der Waals surface area (Å²) in [6.07, 6.45) is 0. The van der Waals surface area contributed by atoms with Crippen molar-refractivity contribution in [2.24, 2.45) is 0 Å². The van der Waals surface area contributed by atoms with Crippen LogP contribution in [0.5, 0.6) is 0 Å². The quantitative estimate of drug-likeness (QED) is 0.884. The van der Waals surface area contributed by atoms with Crippen molar-refractivity contribution in [1.82, 2.24) is 0 Å². The van der Waals surface area contributed by atoms with E-state index in [2.05, 4.69) is 5.32 Å². The second kappa shape index (κ2) is 5.52. The Labute approximate surface area is 110 Å². The van der Waals surface area contributed by atoms with E-state index < -0.39 is 5.97 Å². The van der Waals surface area contributed by atoms with Gasteiger partial charge in [0.1, 0.15) is 5.82 Å². The monoisotopic (exact) mass is 259 g/mol. The molecule has 0 heterocycles. The van der Waals surface area contributed by atoms with Crippen LogP contribution in [0.4, 0.5) is 10.1 Å². The molecule has 0 atom stereocenters. The topological polar surface area (TPSA) is 49.3 Å². The molecule has 0 amide bonds. The van der Waals surface area contributed by atoms with Gasteiger partial charge < -0.3 is 10.4 Å². The van der Waals surface area contributed by atoms with E-state index in [1.807, 2.05) is 19.1 Å². The molecule has 2 rings (SSSR count). The zero-order valence-corrected chi connectivity index (χ0v) is 10.5. The molecule has 0 saturated heterocycles. The Bertz CT molecular complexity index is 591. The summed E-state index contributed by atoms with van der Waals surface area (Å²) in [4.78, 5) is 10.8. The van der Waals surface area contributed by atoms with Crippen molar-refractivity contribution in [3.63, 3.8) is 0 Å². The SMILES string of the molecule is Cc1cc(F)cc(NCc2cccc(C(=O)O)c2)c1. The number of aromatic carboxylic acids is 1. The lowest BCUT2D eigenvalue weighted by molar-refractivity contribution is 0.0697. The molecule has 0 radical (unpaired) electrons. The normalized spacial score (nSPS) is 10.2. The van der Waals surface area contributed by atoms with Crippen molar-refractivity contribution < 1.29 is 14.3 Å². The van der Waals surface area contributed by atoms with E-state index in [0.717, 1.165) is 11.1 Å². The van der Waals surface area contributed by atoms with Crippen LogP contribution in [0.25, 0.3) is 0 Å². The van der Waals surface area contributed by atoms with Gasteiger partial charge in [-0.15, -0.1) is 0 Å². The Balaban J connectivity index is 2.10. The predicted molar refractivity (Wildman–Crippen MR) is 71.9 cm³/mol. The fourth-order valence-electron chi connectivity index (χ4n) is 1.86. The molecular formula is C15H14FNO2. The molecule has 0 aromatic heterocycles. The summed E-state index contributed by atoms with van der Waals surface area (Å²) in [6, 6.07) is 11.4. The lowest BCUT2D eigenvalue weighted by Crippen LogP contribution is -2.02. The van der Waals surface area contributed by atoms with E-state index in [4.69, 9.17) is 5.11 Å². The molecule has 0 aliphatic rings. The first-order chi connectivity index (χ1) is 9.04. The van der Waals surface area contributed by atoms with Crippen LogP contribution >= 0.6 is 0 Å². The van der Waals surface area contributed by atoms with Crippen molar-refractivity contribution in [3.8, 4) is 0 Å². The summed E-state index contributed by atoms with van der Waals surface area (Å²) in [5.41, 5.74) is 2.59. The molecule has 0 bridgehead atoms. The summed E-state index contributed by atoms with van der Waals surface area (Å²) in [5.74, 6) is -1.25. The van der Waals surface area contributed by atoms with Crippen LogP contribution in [-0.2, 0) is 6.54 Å². The average Bonchev–Trinajstić information content (AvgIpc) is 2.35. The number of rotatable bonds is 4. The Morgan fingerprint density at radius 3 is 2.74 bits per heavy atom.